The number of nitrogens with zero attached hydrogens (tertiary/aromatic N) is 2. The van der Waals surface area contributed by atoms with Crippen molar-refractivity contribution in [3.63, 3.8) is 0 Å². The number of benzene rings is 1. The van der Waals surface area contributed by atoms with Gasteiger partial charge in [-0.25, -0.2) is 0 Å². The highest BCUT2D eigenvalue weighted by Crippen LogP contribution is 2.52. The average molecular weight is 269 g/mol. The quantitative estimate of drug-likeness (QED) is 0.929. The van der Waals surface area contributed by atoms with Crippen molar-refractivity contribution in [2.75, 3.05) is 0 Å². The second-order valence-corrected chi connectivity index (χ2v) is 6.14. The van der Waals surface area contributed by atoms with Crippen molar-refractivity contribution < 1.29 is 4.52 Å². The lowest BCUT2D eigenvalue weighted by molar-refractivity contribution is 0.372. The summed E-state index contributed by atoms with van der Waals surface area (Å²) in [5.74, 6) is 3.72. The van der Waals surface area contributed by atoms with Gasteiger partial charge in [0.25, 0.3) is 5.89 Å². The highest BCUT2D eigenvalue weighted by molar-refractivity contribution is 5.54. The molecule has 4 nitrogen and oxygen atoms in total. The summed E-state index contributed by atoms with van der Waals surface area (Å²) in [6.45, 7) is 0.529. The van der Waals surface area contributed by atoms with Gasteiger partial charge >= 0.3 is 0 Å². The van der Waals surface area contributed by atoms with Crippen LogP contribution in [-0.2, 0) is 6.54 Å². The van der Waals surface area contributed by atoms with Crippen LogP contribution in [0.15, 0.2) is 28.8 Å². The third-order valence-corrected chi connectivity index (χ3v) is 4.92. The van der Waals surface area contributed by atoms with Gasteiger partial charge in [0.2, 0.25) is 0 Å². The van der Waals surface area contributed by atoms with Crippen molar-refractivity contribution in [2.45, 2.75) is 38.1 Å². The molecule has 4 heteroatoms. The minimum atomic E-state index is 0.518. The van der Waals surface area contributed by atoms with Gasteiger partial charge in [0, 0.05) is 18.0 Å². The molecule has 4 rings (SSSR count). The van der Waals surface area contributed by atoms with Crippen molar-refractivity contribution in [1.82, 2.24) is 10.1 Å². The summed E-state index contributed by atoms with van der Waals surface area (Å²) in [6.07, 6.45) is 5.33. The molecule has 0 spiro atoms. The molecule has 2 saturated carbocycles. The van der Waals surface area contributed by atoms with Crippen LogP contribution in [0.2, 0.25) is 0 Å². The summed E-state index contributed by atoms with van der Waals surface area (Å²) in [5, 5.41) is 4.23. The van der Waals surface area contributed by atoms with Gasteiger partial charge in [-0.2, -0.15) is 4.98 Å². The van der Waals surface area contributed by atoms with E-state index in [9.17, 15) is 0 Å². The lowest BCUT2D eigenvalue weighted by atomic mass is 9.88. The third-order valence-electron chi connectivity index (χ3n) is 4.92. The van der Waals surface area contributed by atoms with Crippen molar-refractivity contribution in [3.8, 4) is 11.5 Å². The molecule has 3 atom stereocenters. The van der Waals surface area contributed by atoms with Gasteiger partial charge in [-0.3, -0.25) is 0 Å². The molecule has 2 fully saturated rings. The molecule has 2 bridgehead atoms. The predicted octanol–water partition coefficient (Wildman–Crippen LogP) is 3.10. The summed E-state index contributed by atoms with van der Waals surface area (Å²) >= 11 is 0. The topological polar surface area (TPSA) is 64.9 Å². The Kier molecular flexibility index (Phi) is 2.84. The van der Waals surface area contributed by atoms with Crippen LogP contribution < -0.4 is 5.73 Å². The van der Waals surface area contributed by atoms with Crippen molar-refractivity contribution in [1.29, 1.82) is 0 Å². The van der Waals surface area contributed by atoms with Gasteiger partial charge < -0.3 is 10.3 Å². The Morgan fingerprint density at radius 1 is 1.25 bits per heavy atom. The lowest BCUT2D eigenvalue weighted by Crippen LogP contribution is -2.09. The minimum Gasteiger partial charge on any atom is -0.334 e. The summed E-state index contributed by atoms with van der Waals surface area (Å²) < 4.78 is 5.47. The molecule has 0 amide bonds. The third kappa shape index (κ3) is 1.95. The molecule has 1 heterocycles. The number of nitrogens with two attached hydrogens (primary N) is 1. The van der Waals surface area contributed by atoms with E-state index >= 15 is 0 Å². The van der Waals surface area contributed by atoms with E-state index in [0.717, 1.165) is 28.8 Å². The number of fused-ring (bicyclic) bond motifs is 2. The maximum atomic E-state index is 5.68. The molecule has 0 aliphatic heterocycles. The van der Waals surface area contributed by atoms with Crippen molar-refractivity contribution in [2.24, 2.45) is 17.6 Å². The maximum absolute atomic E-state index is 5.68. The molecule has 0 saturated heterocycles. The highest BCUT2D eigenvalue weighted by atomic mass is 16.5. The van der Waals surface area contributed by atoms with Gasteiger partial charge in [0.1, 0.15) is 0 Å². The molecule has 3 unspecified atom stereocenters. The fraction of sp³-hybridized carbons (Fsp3) is 0.500. The van der Waals surface area contributed by atoms with Gasteiger partial charge in [0.05, 0.1) is 0 Å². The largest absolute Gasteiger partial charge is 0.334 e. The van der Waals surface area contributed by atoms with E-state index in [2.05, 4.69) is 10.1 Å². The Labute approximate surface area is 118 Å². The first-order valence-corrected chi connectivity index (χ1v) is 7.46. The van der Waals surface area contributed by atoms with Crippen LogP contribution >= 0.6 is 0 Å². The monoisotopic (exact) mass is 269 g/mol. The van der Waals surface area contributed by atoms with E-state index < -0.39 is 0 Å². The Bertz CT molecular complexity index is 622. The second-order valence-electron chi connectivity index (χ2n) is 6.14. The number of rotatable bonds is 3. The van der Waals surface area contributed by atoms with Crippen LogP contribution in [0.25, 0.3) is 11.5 Å². The minimum absolute atomic E-state index is 0.518. The standard InChI is InChI=1S/C16H19N3O/c17-9-11-2-1-3-13(7-11)16-18-15(19-20-16)14-8-10-4-5-12(14)6-10/h1-3,7,10,12,14H,4-6,8-9,17H2. The van der Waals surface area contributed by atoms with Gasteiger partial charge in [0.15, 0.2) is 5.82 Å². The molecular formula is C16H19N3O. The normalized spacial score (nSPS) is 28.1. The Balaban J connectivity index is 1.61. The lowest BCUT2D eigenvalue weighted by Gasteiger charge is -2.17. The Hall–Kier alpha value is -1.68. The maximum Gasteiger partial charge on any atom is 0.257 e. The first kappa shape index (κ1) is 12.1. The molecule has 2 aliphatic rings. The Morgan fingerprint density at radius 3 is 2.95 bits per heavy atom. The van der Waals surface area contributed by atoms with Gasteiger partial charge in [-0.05, 0) is 48.8 Å². The van der Waals surface area contributed by atoms with Crippen molar-refractivity contribution in [3.05, 3.63) is 35.7 Å². The van der Waals surface area contributed by atoms with E-state index in [1.807, 2.05) is 24.3 Å². The molecule has 2 N–H and O–H groups in total. The fourth-order valence-electron chi connectivity index (χ4n) is 3.90. The van der Waals surface area contributed by atoms with Crippen LogP contribution in [0.3, 0.4) is 0 Å². The molecule has 1 aromatic carbocycles. The SMILES string of the molecule is NCc1cccc(-c2nc(C3CC4CCC3C4)no2)c1. The van der Waals surface area contributed by atoms with Crippen LogP contribution in [0, 0.1) is 11.8 Å². The smallest absolute Gasteiger partial charge is 0.257 e. The molecule has 0 radical (unpaired) electrons. The van der Waals surface area contributed by atoms with Crippen LogP contribution in [0.5, 0.6) is 0 Å². The zero-order valence-electron chi connectivity index (χ0n) is 11.5. The summed E-state index contributed by atoms with van der Waals surface area (Å²) in [5.41, 5.74) is 7.73. The zero-order chi connectivity index (χ0) is 13.5. The first-order chi connectivity index (χ1) is 9.83. The molecule has 2 aliphatic carbocycles. The first-order valence-electron chi connectivity index (χ1n) is 7.46. The van der Waals surface area contributed by atoms with Crippen LogP contribution in [0.1, 0.15) is 43.0 Å². The molecule has 20 heavy (non-hydrogen) atoms. The molecule has 2 aromatic rings. The second kappa shape index (κ2) is 4.70. The number of hydrogen-bond donors (Lipinski definition) is 1. The number of hydrogen-bond acceptors (Lipinski definition) is 4. The van der Waals surface area contributed by atoms with E-state index in [0.29, 0.717) is 18.4 Å². The molecular weight excluding hydrogens is 250 g/mol. The van der Waals surface area contributed by atoms with E-state index in [-0.39, 0.29) is 0 Å². The van der Waals surface area contributed by atoms with E-state index in [4.69, 9.17) is 10.3 Å². The van der Waals surface area contributed by atoms with Gasteiger partial charge in [-0.1, -0.05) is 23.7 Å². The summed E-state index contributed by atoms with van der Waals surface area (Å²) in [4.78, 5) is 4.64. The Morgan fingerprint density at radius 2 is 2.20 bits per heavy atom. The molecule has 104 valence electrons. The zero-order valence-corrected chi connectivity index (χ0v) is 11.5. The highest BCUT2D eigenvalue weighted by Gasteiger charge is 2.42. The van der Waals surface area contributed by atoms with Gasteiger partial charge in [-0.15, -0.1) is 0 Å². The fourth-order valence-corrected chi connectivity index (χ4v) is 3.90. The summed E-state index contributed by atoms with van der Waals surface area (Å²) in [7, 11) is 0. The van der Waals surface area contributed by atoms with Crippen LogP contribution in [0.4, 0.5) is 0 Å². The van der Waals surface area contributed by atoms with E-state index in [1.165, 1.54) is 25.7 Å². The van der Waals surface area contributed by atoms with Crippen LogP contribution in [-0.4, -0.2) is 10.1 Å². The van der Waals surface area contributed by atoms with E-state index in [1.54, 1.807) is 0 Å². The number of aromatic nitrogens is 2. The van der Waals surface area contributed by atoms with Crippen molar-refractivity contribution >= 4 is 0 Å². The summed E-state index contributed by atoms with van der Waals surface area (Å²) in [6, 6.07) is 8.02. The average Bonchev–Trinajstić information content (AvgIpc) is 3.22. The molecule has 1 aromatic heterocycles. The predicted molar refractivity (Wildman–Crippen MR) is 75.8 cm³/mol.